The van der Waals surface area contributed by atoms with Crippen LogP contribution in [0.25, 0.3) is 11.3 Å². The van der Waals surface area contributed by atoms with E-state index in [0.29, 0.717) is 16.9 Å². The van der Waals surface area contributed by atoms with Gasteiger partial charge in [0.1, 0.15) is 11.1 Å². The van der Waals surface area contributed by atoms with Crippen molar-refractivity contribution in [2.24, 2.45) is 0 Å². The van der Waals surface area contributed by atoms with Crippen molar-refractivity contribution < 1.29 is 17.4 Å². The van der Waals surface area contributed by atoms with E-state index in [0.717, 1.165) is 5.56 Å². The molecule has 1 unspecified atom stereocenters. The Labute approximate surface area is 150 Å². The standard InChI is InChI=1S/C17H17FN4O3S/c18-14-3-1-13(2-4-14)17-15(11-21-22-17)20-10-7-16(26(23,24)25)12-5-8-19-9-6-12/h1-6,8-9,11,16,20H,7,10H2,(H,21,22)(H,23,24,25). The lowest BCUT2D eigenvalue weighted by atomic mass is 10.1. The molecule has 26 heavy (non-hydrogen) atoms. The van der Waals surface area contributed by atoms with Gasteiger partial charge in [0.2, 0.25) is 0 Å². The van der Waals surface area contributed by atoms with Gasteiger partial charge in [-0.15, -0.1) is 0 Å². The molecular weight excluding hydrogens is 359 g/mol. The van der Waals surface area contributed by atoms with Gasteiger partial charge in [-0.1, -0.05) is 0 Å². The summed E-state index contributed by atoms with van der Waals surface area (Å²) >= 11 is 0. The molecule has 3 rings (SSSR count). The van der Waals surface area contributed by atoms with Crippen molar-refractivity contribution in [3.05, 3.63) is 66.4 Å². The van der Waals surface area contributed by atoms with E-state index >= 15 is 0 Å². The Morgan fingerprint density at radius 3 is 2.50 bits per heavy atom. The summed E-state index contributed by atoms with van der Waals surface area (Å²) in [6.07, 6.45) is 4.66. The van der Waals surface area contributed by atoms with E-state index < -0.39 is 15.4 Å². The Morgan fingerprint density at radius 1 is 1.15 bits per heavy atom. The third-order valence-corrected chi connectivity index (χ3v) is 5.16. The summed E-state index contributed by atoms with van der Waals surface area (Å²) in [5, 5.41) is 8.84. The molecule has 2 heterocycles. The van der Waals surface area contributed by atoms with Gasteiger partial charge in [0.25, 0.3) is 10.1 Å². The van der Waals surface area contributed by atoms with E-state index in [1.807, 2.05) is 0 Å². The number of hydrogen-bond acceptors (Lipinski definition) is 5. The van der Waals surface area contributed by atoms with Gasteiger partial charge in [0.15, 0.2) is 0 Å². The van der Waals surface area contributed by atoms with Crippen LogP contribution in [0.15, 0.2) is 55.0 Å². The van der Waals surface area contributed by atoms with Crippen LogP contribution in [-0.4, -0.2) is 34.7 Å². The lowest BCUT2D eigenvalue weighted by Gasteiger charge is -2.15. The first-order valence-electron chi connectivity index (χ1n) is 7.84. The minimum Gasteiger partial charge on any atom is -0.382 e. The smallest absolute Gasteiger partial charge is 0.272 e. The predicted molar refractivity (Wildman–Crippen MR) is 95.6 cm³/mol. The molecule has 9 heteroatoms. The fraction of sp³-hybridized carbons (Fsp3) is 0.176. The molecule has 0 aliphatic carbocycles. The van der Waals surface area contributed by atoms with E-state index in [1.165, 1.54) is 24.5 Å². The van der Waals surface area contributed by atoms with Crippen LogP contribution < -0.4 is 5.32 Å². The summed E-state index contributed by atoms with van der Waals surface area (Å²) in [7, 11) is -4.26. The lowest BCUT2D eigenvalue weighted by Crippen LogP contribution is -2.16. The molecule has 0 amide bonds. The molecule has 0 saturated carbocycles. The highest BCUT2D eigenvalue weighted by molar-refractivity contribution is 7.86. The number of aromatic amines is 1. The number of hydrogen-bond donors (Lipinski definition) is 3. The highest BCUT2D eigenvalue weighted by Gasteiger charge is 2.24. The summed E-state index contributed by atoms with van der Waals surface area (Å²) in [5.41, 5.74) is 2.53. The minimum atomic E-state index is -4.26. The number of benzene rings is 1. The predicted octanol–water partition coefficient (Wildman–Crippen LogP) is 3.04. The first kappa shape index (κ1) is 18.0. The number of nitrogens with one attached hydrogen (secondary N) is 2. The summed E-state index contributed by atoms with van der Waals surface area (Å²) in [6.45, 7) is 0.278. The van der Waals surface area contributed by atoms with Crippen LogP contribution in [-0.2, 0) is 10.1 Å². The van der Waals surface area contributed by atoms with Crippen molar-refractivity contribution in [3.63, 3.8) is 0 Å². The van der Waals surface area contributed by atoms with Gasteiger partial charge >= 0.3 is 0 Å². The van der Waals surface area contributed by atoms with Crippen molar-refractivity contribution >= 4 is 15.8 Å². The summed E-state index contributed by atoms with van der Waals surface area (Å²) < 4.78 is 46.0. The van der Waals surface area contributed by atoms with Gasteiger partial charge in [-0.3, -0.25) is 14.6 Å². The van der Waals surface area contributed by atoms with E-state index in [9.17, 15) is 17.4 Å². The van der Waals surface area contributed by atoms with Crippen molar-refractivity contribution in [1.82, 2.24) is 15.2 Å². The van der Waals surface area contributed by atoms with Crippen molar-refractivity contribution in [1.29, 1.82) is 0 Å². The van der Waals surface area contributed by atoms with Crippen molar-refractivity contribution in [2.45, 2.75) is 11.7 Å². The third kappa shape index (κ3) is 4.24. The maximum Gasteiger partial charge on any atom is 0.272 e. The fourth-order valence-corrected chi connectivity index (χ4v) is 3.58. The largest absolute Gasteiger partial charge is 0.382 e. The minimum absolute atomic E-state index is 0.150. The molecule has 0 aliphatic heterocycles. The molecule has 0 radical (unpaired) electrons. The van der Waals surface area contributed by atoms with Crippen LogP contribution in [0.4, 0.5) is 10.1 Å². The molecule has 1 atom stereocenters. The average molecular weight is 376 g/mol. The average Bonchev–Trinajstić information content (AvgIpc) is 3.07. The van der Waals surface area contributed by atoms with Crippen LogP contribution in [0, 0.1) is 5.82 Å². The van der Waals surface area contributed by atoms with Gasteiger partial charge in [-0.25, -0.2) is 4.39 Å². The fourth-order valence-electron chi connectivity index (χ4n) is 2.66. The van der Waals surface area contributed by atoms with Crippen LogP contribution in [0.1, 0.15) is 17.2 Å². The number of nitrogens with zero attached hydrogens (tertiary/aromatic N) is 2. The second-order valence-electron chi connectivity index (χ2n) is 5.67. The monoisotopic (exact) mass is 376 g/mol. The quantitative estimate of drug-likeness (QED) is 0.547. The maximum atomic E-state index is 13.1. The van der Waals surface area contributed by atoms with Gasteiger partial charge < -0.3 is 5.32 Å². The van der Waals surface area contributed by atoms with Crippen LogP contribution in [0.5, 0.6) is 0 Å². The molecule has 136 valence electrons. The number of anilines is 1. The van der Waals surface area contributed by atoms with Crippen LogP contribution >= 0.6 is 0 Å². The van der Waals surface area contributed by atoms with Crippen molar-refractivity contribution in [3.8, 4) is 11.3 Å². The van der Waals surface area contributed by atoms with E-state index in [2.05, 4.69) is 20.5 Å². The summed E-state index contributed by atoms with van der Waals surface area (Å²) in [4.78, 5) is 3.85. The molecule has 0 bridgehead atoms. The number of rotatable bonds is 7. The molecule has 3 aromatic rings. The topological polar surface area (TPSA) is 108 Å². The summed E-state index contributed by atoms with van der Waals surface area (Å²) in [6, 6.07) is 9.04. The zero-order valence-electron chi connectivity index (χ0n) is 13.6. The van der Waals surface area contributed by atoms with E-state index in [4.69, 9.17) is 0 Å². The highest BCUT2D eigenvalue weighted by atomic mass is 32.2. The second kappa shape index (κ2) is 7.63. The Balaban J connectivity index is 1.71. The number of aromatic nitrogens is 3. The SMILES string of the molecule is O=S(=O)(O)C(CCNc1cn[nH]c1-c1ccc(F)cc1)c1ccncc1. The molecule has 7 nitrogen and oxygen atoms in total. The molecule has 1 aromatic carbocycles. The number of pyridine rings is 1. The Bertz CT molecular complexity index is 959. The normalized spacial score (nSPS) is 12.7. The van der Waals surface area contributed by atoms with E-state index in [-0.39, 0.29) is 18.8 Å². The first-order chi connectivity index (χ1) is 12.4. The Hall–Kier alpha value is -2.78. The number of halogens is 1. The molecule has 2 aromatic heterocycles. The van der Waals surface area contributed by atoms with Gasteiger partial charge in [-0.2, -0.15) is 13.5 Å². The lowest BCUT2D eigenvalue weighted by molar-refractivity contribution is 0.465. The molecule has 3 N–H and O–H groups in total. The Kier molecular flexibility index (Phi) is 5.29. The first-order valence-corrected chi connectivity index (χ1v) is 9.35. The maximum absolute atomic E-state index is 13.1. The third-order valence-electron chi connectivity index (χ3n) is 3.93. The zero-order chi connectivity index (χ0) is 18.6. The Morgan fingerprint density at radius 2 is 1.85 bits per heavy atom. The molecule has 0 fully saturated rings. The van der Waals surface area contributed by atoms with Crippen LogP contribution in [0.3, 0.4) is 0 Å². The van der Waals surface area contributed by atoms with Gasteiger partial charge in [0, 0.05) is 24.5 Å². The molecule has 0 saturated heterocycles. The van der Waals surface area contributed by atoms with Crippen molar-refractivity contribution in [2.75, 3.05) is 11.9 Å². The summed E-state index contributed by atoms with van der Waals surface area (Å²) in [5.74, 6) is -0.337. The molecule has 0 aliphatic rings. The van der Waals surface area contributed by atoms with Gasteiger partial charge in [-0.05, 0) is 48.4 Å². The van der Waals surface area contributed by atoms with Crippen LogP contribution in [0.2, 0.25) is 0 Å². The number of H-pyrrole nitrogens is 1. The van der Waals surface area contributed by atoms with Gasteiger partial charge in [0.05, 0.1) is 17.6 Å². The second-order valence-corrected chi connectivity index (χ2v) is 7.26. The molecular formula is C17H17FN4O3S. The highest BCUT2D eigenvalue weighted by Crippen LogP contribution is 2.28. The zero-order valence-corrected chi connectivity index (χ0v) is 14.4. The van der Waals surface area contributed by atoms with E-state index in [1.54, 1.807) is 30.5 Å². The molecule has 0 spiro atoms.